The van der Waals surface area contributed by atoms with E-state index in [1.807, 2.05) is 62.4 Å². The number of ether oxygens (including phenoxy) is 1. The van der Waals surface area contributed by atoms with Crippen molar-refractivity contribution in [1.82, 2.24) is 4.98 Å². The van der Waals surface area contributed by atoms with Crippen molar-refractivity contribution in [3.05, 3.63) is 75.3 Å². The van der Waals surface area contributed by atoms with Crippen LogP contribution in [0.5, 0.6) is 5.75 Å². The number of aromatic nitrogens is 1. The fraction of sp³-hybridized carbons (Fsp3) is 0.200. The number of benzene rings is 2. The zero-order valence-corrected chi connectivity index (χ0v) is 16.2. The molecule has 1 heterocycles. The first-order chi connectivity index (χ1) is 12.5. The lowest BCUT2D eigenvalue weighted by molar-refractivity contribution is -0.118. The van der Waals surface area contributed by atoms with Crippen LogP contribution < -0.4 is 10.1 Å². The maximum absolute atomic E-state index is 12.1. The summed E-state index contributed by atoms with van der Waals surface area (Å²) in [6.45, 7) is 3.88. The molecule has 0 aliphatic heterocycles. The number of hydrogen-bond donors (Lipinski definition) is 1. The predicted molar refractivity (Wildman–Crippen MR) is 106 cm³/mol. The lowest BCUT2D eigenvalue weighted by Crippen LogP contribution is -2.20. The fourth-order valence-corrected chi connectivity index (χ4v) is 3.60. The Morgan fingerprint density at radius 1 is 1.15 bits per heavy atom. The van der Waals surface area contributed by atoms with Crippen molar-refractivity contribution in [3.63, 3.8) is 0 Å². The largest absolute Gasteiger partial charge is 0.484 e. The second-order valence-corrected chi connectivity index (χ2v) is 7.44. The molecule has 0 saturated heterocycles. The molecule has 6 heteroatoms. The molecule has 0 atom stereocenters. The van der Waals surface area contributed by atoms with Crippen LogP contribution in [0.25, 0.3) is 0 Å². The summed E-state index contributed by atoms with van der Waals surface area (Å²) in [7, 11) is 0. The molecule has 26 heavy (non-hydrogen) atoms. The van der Waals surface area contributed by atoms with E-state index in [4.69, 9.17) is 16.3 Å². The van der Waals surface area contributed by atoms with Crippen LogP contribution in [-0.2, 0) is 11.2 Å². The van der Waals surface area contributed by atoms with Gasteiger partial charge in [-0.3, -0.25) is 10.1 Å². The molecule has 0 unspecified atom stereocenters. The fourth-order valence-electron chi connectivity index (χ4n) is 2.40. The lowest BCUT2D eigenvalue weighted by Gasteiger charge is -2.05. The molecule has 3 aromatic rings. The molecular weight excluding hydrogens is 368 g/mol. The minimum Gasteiger partial charge on any atom is -0.484 e. The van der Waals surface area contributed by atoms with Crippen molar-refractivity contribution in [2.75, 3.05) is 11.9 Å². The van der Waals surface area contributed by atoms with E-state index in [9.17, 15) is 4.79 Å². The second kappa shape index (κ2) is 8.34. The average Bonchev–Trinajstić information content (AvgIpc) is 2.95. The predicted octanol–water partition coefficient (Wildman–Crippen LogP) is 5.02. The van der Waals surface area contributed by atoms with E-state index in [0.29, 0.717) is 17.3 Å². The third kappa shape index (κ3) is 4.84. The number of thiazole rings is 1. The third-order valence-electron chi connectivity index (χ3n) is 3.84. The van der Waals surface area contributed by atoms with Crippen molar-refractivity contribution < 1.29 is 9.53 Å². The number of aryl methyl sites for hydroxylation is 2. The Morgan fingerprint density at radius 2 is 1.88 bits per heavy atom. The smallest absolute Gasteiger partial charge is 0.264 e. The van der Waals surface area contributed by atoms with Crippen LogP contribution in [0.4, 0.5) is 5.13 Å². The van der Waals surface area contributed by atoms with Crippen molar-refractivity contribution >= 4 is 34.0 Å². The molecular formula is C20H19ClN2O2S. The highest BCUT2D eigenvalue weighted by Crippen LogP contribution is 2.27. The van der Waals surface area contributed by atoms with E-state index in [0.717, 1.165) is 26.7 Å². The highest BCUT2D eigenvalue weighted by molar-refractivity contribution is 7.15. The van der Waals surface area contributed by atoms with Crippen LogP contribution in [-0.4, -0.2) is 17.5 Å². The zero-order chi connectivity index (χ0) is 18.5. The summed E-state index contributed by atoms with van der Waals surface area (Å²) < 4.78 is 5.49. The summed E-state index contributed by atoms with van der Waals surface area (Å²) in [6, 6.07) is 15.3. The Bertz CT molecular complexity index is 906. The molecule has 1 amide bonds. The molecule has 0 aliphatic rings. The first-order valence-corrected chi connectivity index (χ1v) is 9.40. The molecule has 134 valence electrons. The monoisotopic (exact) mass is 386 g/mol. The number of hydrogen-bond acceptors (Lipinski definition) is 4. The number of anilines is 1. The van der Waals surface area contributed by atoms with E-state index < -0.39 is 0 Å². The quantitative estimate of drug-likeness (QED) is 0.647. The van der Waals surface area contributed by atoms with Gasteiger partial charge in [0, 0.05) is 16.3 Å². The Morgan fingerprint density at radius 3 is 2.62 bits per heavy atom. The average molecular weight is 387 g/mol. The van der Waals surface area contributed by atoms with Crippen LogP contribution in [0.1, 0.15) is 21.7 Å². The SMILES string of the molecule is Cc1ccc(OCC(=O)Nc2nc(C)c(Cc3ccccc3Cl)s2)cc1. The number of carbonyl (C=O) groups is 1. The van der Waals surface area contributed by atoms with Gasteiger partial charge in [0.1, 0.15) is 5.75 Å². The lowest BCUT2D eigenvalue weighted by atomic mass is 10.1. The van der Waals surface area contributed by atoms with Gasteiger partial charge in [-0.1, -0.05) is 47.5 Å². The molecule has 0 spiro atoms. The number of carbonyl (C=O) groups excluding carboxylic acids is 1. The third-order valence-corrected chi connectivity index (χ3v) is 5.28. The molecule has 0 aliphatic carbocycles. The number of halogens is 1. The van der Waals surface area contributed by atoms with Gasteiger partial charge in [-0.05, 0) is 37.6 Å². The molecule has 2 aromatic carbocycles. The van der Waals surface area contributed by atoms with Crippen molar-refractivity contribution in [2.45, 2.75) is 20.3 Å². The van der Waals surface area contributed by atoms with Gasteiger partial charge in [0.25, 0.3) is 5.91 Å². The van der Waals surface area contributed by atoms with Crippen molar-refractivity contribution in [1.29, 1.82) is 0 Å². The topological polar surface area (TPSA) is 51.2 Å². The molecule has 1 aromatic heterocycles. The number of nitrogens with zero attached hydrogens (tertiary/aromatic N) is 1. The Hall–Kier alpha value is -2.37. The van der Waals surface area contributed by atoms with Gasteiger partial charge < -0.3 is 4.74 Å². The van der Waals surface area contributed by atoms with Crippen LogP contribution in [0.15, 0.2) is 48.5 Å². The van der Waals surface area contributed by atoms with E-state index in [1.165, 1.54) is 11.3 Å². The summed E-state index contributed by atoms with van der Waals surface area (Å²) >= 11 is 7.68. The van der Waals surface area contributed by atoms with Gasteiger partial charge in [-0.2, -0.15) is 0 Å². The Labute approximate surface area is 161 Å². The van der Waals surface area contributed by atoms with Crippen LogP contribution in [0.3, 0.4) is 0 Å². The second-order valence-electron chi connectivity index (χ2n) is 5.95. The molecule has 0 bridgehead atoms. The number of rotatable bonds is 6. The van der Waals surface area contributed by atoms with E-state index in [1.54, 1.807) is 0 Å². The molecule has 0 radical (unpaired) electrons. The van der Waals surface area contributed by atoms with Gasteiger partial charge in [0.15, 0.2) is 11.7 Å². The molecule has 4 nitrogen and oxygen atoms in total. The normalized spacial score (nSPS) is 10.6. The summed E-state index contributed by atoms with van der Waals surface area (Å²) in [5.41, 5.74) is 3.08. The van der Waals surface area contributed by atoms with Gasteiger partial charge in [0.05, 0.1) is 5.69 Å². The molecule has 0 fully saturated rings. The van der Waals surface area contributed by atoms with Crippen molar-refractivity contribution in [2.24, 2.45) is 0 Å². The molecule has 3 rings (SSSR count). The highest BCUT2D eigenvalue weighted by Gasteiger charge is 2.12. The minimum absolute atomic E-state index is 0.0540. The standard InChI is InChI=1S/C20H19ClN2O2S/c1-13-7-9-16(10-8-13)25-12-19(24)23-20-22-14(2)18(26-20)11-15-5-3-4-6-17(15)21/h3-10H,11-12H2,1-2H3,(H,22,23,24). The van der Waals surface area contributed by atoms with E-state index >= 15 is 0 Å². The highest BCUT2D eigenvalue weighted by atomic mass is 35.5. The first kappa shape index (κ1) is 18.4. The van der Waals surface area contributed by atoms with E-state index in [-0.39, 0.29) is 12.5 Å². The van der Waals surface area contributed by atoms with Gasteiger partial charge in [0.2, 0.25) is 0 Å². The summed E-state index contributed by atoms with van der Waals surface area (Å²) in [6.07, 6.45) is 0.693. The number of amides is 1. The summed E-state index contributed by atoms with van der Waals surface area (Å²) in [5, 5.41) is 4.10. The van der Waals surface area contributed by atoms with Gasteiger partial charge in [-0.25, -0.2) is 4.98 Å². The molecule has 0 saturated carbocycles. The van der Waals surface area contributed by atoms with Crippen LogP contribution in [0, 0.1) is 13.8 Å². The zero-order valence-electron chi connectivity index (χ0n) is 14.6. The minimum atomic E-state index is -0.233. The number of nitrogens with one attached hydrogen (secondary N) is 1. The Balaban J connectivity index is 1.59. The van der Waals surface area contributed by atoms with Gasteiger partial charge >= 0.3 is 0 Å². The Kier molecular flexibility index (Phi) is 5.91. The van der Waals surface area contributed by atoms with Crippen LogP contribution in [0.2, 0.25) is 5.02 Å². The van der Waals surface area contributed by atoms with E-state index in [2.05, 4.69) is 10.3 Å². The summed E-state index contributed by atoms with van der Waals surface area (Å²) in [4.78, 5) is 17.6. The maximum atomic E-state index is 12.1. The van der Waals surface area contributed by atoms with Crippen molar-refractivity contribution in [3.8, 4) is 5.75 Å². The first-order valence-electron chi connectivity index (χ1n) is 8.20. The van der Waals surface area contributed by atoms with Crippen LogP contribution >= 0.6 is 22.9 Å². The molecule has 1 N–H and O–H groups in total. The summed E-state index contributed by atoms with van der Waals surface area (Å²) in [5.74, 6) is 0.434. The maximum Gasteiger partial charge on any atom is 0.264 e. The van der Waals surface area contributed by atoms with Gasteiger partial charge in [-0.15, -0.1) is 11.3 Å².